The first kappa shape index (κ1) is 18.0. The van der Waals surface area contributed by atoms with E-state index < -0.39 is 0 Å². The smallest absolute Gasteiger partial charge is 0.270 e. The van der Waals surface area contributed by atoms with E-state index in [9.17, 15) is 4.79 Å². The molecular formula is C19H15ClN4OS2. The Balaban J connectivity index is 1.86. The number of anilines is 1. The molecule has 2 heterocycles. The zero-order valence-electron chi connectivity index (χ0n) is 14.5. The van der Waals surface area contributed by atoms with Gasteiger partial charge in [-0.15, -0.1) is 22.8 Å². The summed E-state index contributed by atoms with van der Waals surface area (Å²) in [5.74, 6) is -0.142. The van der Waals surface area contributed by atoms with Crippen LogP contribution in [-0.4, -0.2) is 27.6 Å². The van der Waals surface area contributed by atoms with Crippen molar-refractivity contribution in [3.05, 3.63) is 64.0 Å². The van der Waals surface area contributed by atoms with Gasteiger partial charge in [-0.3, -0.25) is 9.20 Å². The largest absolute Gasteiger partial charge is 0.311 e. The number of nitrogens with zero attached hydrogens (tertiary/aromatic N) is 4. The Morgan fingerprint density at radius 2 is 1.93 bits per heavy atom. The quantitative estimate of drug-likeness (QED) is 0.481. The first-order valence-corrected chi connectivity index (χ1v) is 9.78. The number of carbonyl (C=O) groups excluding carboxylic acids is 1. The zero-order chi connectivity index (χ0) is 19.1. The molecule has 0 aliphatic rings. The lowest BCUT2D eigenvalue weighted by atomic mass is 10.1. The molecule has 5 nitrogen and oxygen atoms in total. The van der Waals surface area contributed by atoms with E-state index in [-0.39, 0.29) is 5.91 Å². The molecule has 4 aromatic rings. The summed E-state index contributed by atoms with van der Waals surface area (Å²) in [4.78, 5) is 16.1. The first-order chi connectivity index (χ1) is 13.0. The van der Waals surface area contributed by atoms with Gasteiger partial charge in [-0.2, -0.15) is 0 Å². The van der Waals surface area contributed by atoms with Crippen LogP contribution in [0.25, 0.3) is 16.2 Å². The van der Waals surface area contributed by atoms with Crippen molar-refractivity contribution >= 4 is 52.1 Å². The predicted octanol–water partition coefficient (Wildman–Crippen LogP) is 4.98. The number of carbonyl (C=O) groups is 1. The number of fused-ring (bicyclic) bond motifs is 1. The number of thiol groups is 1. The maximum atomic E-state index is 13.3. The third-order valence-corrected chi connectivity index (χ3v) is 6.05. The van der Waals surface area contributed by atoms with Crippen LogP contribution in [0.15, 0.2) is 53.7 Å². The normalized spacial score (nSPS) is 11.1. The van der Waals surface area contributed by atoms with Gasteiger partial charge in [-0.1, -0.05) is 59.3 Å². The summed E-state index contributed by atoms with van der Waals surface area (Å²) in [7, 11) is 1.74. The summed E-state index contributed by atoms with van der Waals surface area (Å²) < 4.78 is 1.80. The lowest BCUT2D eigenvalue weighted by Gasteiger charge is -2.18. The number of hydrogen-bond acceptors (Lipinski definition) is 5. The van der Waals surface area contributed by atoms with Crippen LogP contribution in [0, 0.1) is 6.92 Å². The van der Waals surface area contributed by atoms with Crippen LogP contribution in [0.4, 0.5) is 5.69 Å². The van der Waals surface area contributed by atoms with Crippen molar-refractivity contribution in [2.45, 2.75) is 12.1 Å². The minimum absolute atomic E-state index is 0.142. The van der Waals surface area contributed by atoms with E-state index in [1.165, 1.54) is 11.3 Å². The molecule has 0 radical (unpaired) electrons. The highest BCUT2D eigenvalue weighted by molar-refractivity contribution is 7.80. The van der Waals surface area contributed by atoms with E-state index in [1.807, 2.05) is 49.4 Å². The molecule has 2 aromatic heterocycles. The minimum atomic E-state index is -0.142. The van der Waals surface area contributed by atoms with Crippen molar-refractivity contribution in [1.82, 2.24) is 14.6 Å². The van der Waals surface area contributed by atoms with Crippen LogP contribution in [0.3, 0.4) is 0 Å². The van der Waals surface area contributed by atoms with Gasteiger partial charge in [0.25, 0.3) is 5.91 Å². The summed E-state index contributed by atoms with van der Waals surface area (Å²) >= 11 is 11.9. The van der Waals surface area contributed by atoms with Gasteiger partial charge < -0.3 is 4.90 Å². The maximum absolute atomic E-state index is 13.3. The van der Waals surface area contributed by atoms with Crippen molar-refractivity contribution in [3.8, 4) is 11.3 Å². The maximum Gasteiger partial charge on any atom is 0.270 e. The Bertz CT molecular complexity index is 1150. The fourth-order valence-corrected chi connectivity index (χ4v) is 4.37. The van der Waals surface area contributed by atoms with Gasteiger partial charge in [-0.25, -0.2) is 0 Å². The molecule has 0 N–H and O–H groups in total. The zero-order valence-corrected chi connectivity index (χ0v) is 17.0. The number of benzene rings is 2. The number of aryl methyl sites for hydroxylation is 1. The topological polar surface area (TPSA) is 50.5 Å². The fraction of sp³-hybridized carbons (Fsp3) is 0.105. The standard InChI is InChI=1S/C19H15ClN4OS2/c1-11-8-9-13(10-14(11)20)23(2)17(25)16-15(12-6-4-3-5-7-12)24-18(26)21-22-19(24)27-16/h3-10H,1-2H3,(H,21,26). The average Bonchev–Trinajstić information content (AvgIpc) is 3.23. The van der Waals surface area contributed by atoms with Crippen LogP contribution >= 0.6 is 35.6 Å². The number of halogens is 1. The lowest BCUT2D eigenvalue weighted by Crippen LogP contribution is -2.26. The molecule has 136 valence electrons. The van der Waals surface area contributed by atoms with Gasteiger partial charge in [0, 0.05) is 23.3 Å². The summed E-state index contributed by atoms with van der Waals surface area (Å²) in [5.41, 5.74) is 3.33. The summed E-state index contributed by atoms with van der Waals surface area (Å²) in [6.07, 6.45) is 0. The molecule has 0 aliphatic carbocycles. The van der Waals surface area contributed by atoms with E-state index in [0.717, 1.165) is 22.5 Å². The molecule has 0 atom stereocenters. The predicted molar refractivity (Wildman–Crippen MR) is 112 cm³/mol. The highest BCUT2D eigenvalue weighted by Crippen LogP contribution is 2.35. The van der Waals surface area contributed by atoms with Gasteiger partial charge in [0.1, 0.15) is 4.88 Å². The molecule has 1 amide bonds. The average molecular weight is 415 g/mol. The molecule has 0 fully saturated rings. The molecule has 0 unspecified atom stereocenters. The molecule has 0 spiro atoms. The molecule has 0 saturated carbocycles. The van der Waals surface area contributed by atoms with E-state index in [4.69, 9.17) is 11.6 Å². The lowest BCUT2D eigenvalue weighted by molar-refractivity contribution is 0.0997. The van der Waals surface area contributed by atoms with Gasteiger partial charge >= 0.3 is 0 Å². The van der Waals surface area contributed by atoms with Crippen molar-refractivity contribution < 1.29 is 4.79 Å². The Morgan fingerprint density at radius 1 is 1.19 bits per heavy atom. The Labute approximate surface area is 170 Å². The second kappa shape index (κ2) is 6.99. The molecule has 2 aromatic carbocycles. The second-order valence-corrected chi connectivity index (χ2v) is 7.85. The Morgan fingerprint density at radius 3 is 2.63 bits per heavy atom. The molecule has 4 rings (SSSR count). The summed E-state index contributed by atoms with van der Waals surface area (Å²) in [5, 5.41) is 9.21. The third-order valence-electron chi connectivity index (χ3n) is 4.34. The molecule has 0 aliphatic heterocycles. The Hall–Kier alpha value is -2.35. The molecule has 8 heteroatoms. The van der Waals surface area contributed by atoms with E-state index in [1.54, 1.807) is 22.4 Å². The molecular weight excluding hydrogens is 400 g/mol. The molecule has 27 heavy (non-hydrogen) atoms. The summed E-state index contributed by atoms with van der Waals surface area (Å²) in [6.45, 7) is 1.93. The monoisotopic (exact) mass is 414 g/mol. The van der Waals surface area contributed by atoms with Gasteiger partial charge in [0.05, 0.1) is 5.69 Å². The first-order valence-electron chi connectivity index (χ1n) is 8.14. The highest BCUT2D eigenvalue weighted by Gasteiger charge is 2.26. The second-order valence-electron chi connectivity index (χ2n) is 6.06. The van der Waals surface area contributed by atoms with Crippen molar-refractivity contribution in [2.24, 2.45) is 0 Å². The number of aromatic nitrogens is 3. The van der Waals surface area contributed by atoms with Crippen LogP contribution in [0.5, 0.6) is 0 Å². The Kier molecular flexibility index (Phi) is 4.67. The van der Waals surface area contributed by atoms with Crippen molar-refractivity contribution in [3.63, 3.8) is 0 Å². The van der Waals surface area contributed by atoms with Gasteiger partial charge in [0.15, 0.2) is 5.16 Å². The summed E-state index contributed by atoms with van der Waals surface area (Å²) in [6, 6.07) is 15.3. The minimum Gasteiger partial charge on any atom is -0.311 e. The van der Waals surface area contributed by atoms with Crippen LogP contribution in [-0.2, 0) is 0 Å². The number of hydrogen-bond donors (Lipinski definition) is 1. The number of rotatable bonds is 3. The third kappa shape index (κ3) is 3.12. The van der Waals surface area contributed by atoms with Crippen molar-refractivity contribution in [1.29, 1.82) is 0 Å². The van der Waals surface area contributed by atoms with Crippen LogP contribution in [0.1, 0.15) is 15.2 Å². The van der Waals surface area contributed by atoms with E-state index >= 15 is 0 Å². The van der Waals surface area contributed by atoms with Gasteiger partial charge in [-0.05, 0) is 24.6 Å². The van der Waals surface area contributed by atoms with E-state index in [2.05, 4.69) is 22.8 Å². The van der Waals surface area contributed by atoms with E-state index in [0.29, 0.717) is 20.0 Å². The van der Waals surface area contributed by atoms with Crippen molar-refractivity contribution in [2.75, 3.05) is 11.9 Å². The molecule has 0 bridgehead atoms. The van der Waals surface area contributed by atoms with Crippen LogP contribution in [0.2, 0.25) is 5.02 Å². The SMILES string of the molecule is Cc1ccc(N(C)C(=O)c2sc3nnc(S)n3c2-c2ccccc2)cc1Cl. The number of thiazole rings is 1. The van der Waals surface area contributed by atoms with Crippen LogP contribution < -0.4 is 4.90 Å². The fourth-order valence-electron chi connectivity index (χ4n) is 2.83. The van der Waals surface area contributed by atoms with Gasteiger partial charge in [0.2, 0.25) is 4.96 Å². The number of amides is 1. The highest BCUT2D eigenvalue weighted by atomic mass is 35.5. The molecule has 0 saturated heterocycles.